The van der Waals surface area contributed by atoms with Crippen molar-refractivity contribution in [1.29, 1.82) is 0 Å². The lowest BCUT2D eigenvalue weighted by atomic mass is 9.62. The van der Waals surface area contributed by atoms with Gasteiger partial charge in [-0.25, -0.2) is 0 Å². The van der Waals surface area contributed by atoms with Crippen molar-refractivity contribution in [3.63, 3.8) is 0 Å². The van der Waals surface area contributed by atoms with Crippen LogP contribution < -0.4 is 10.2 Å². The van der Waals surface area contributed by atoms with E-state index in [9.17, 15) is 0 Å². The number of piperidine rings is 1. The second-order valence-corrected chi connectivity index (χ2v) is 13.3. The van der Waals surface area contributed by atoms with Crippen molar-refractivity contribution in [2.75, 3.05) is 25.0 Å². The first-order chi connectivity index (χ1) is 20.2. The van der Waals surface area contributed by atoms with Crippen LogP contribution in [0.2, 0.25) is 0 Å². The van der Waals surface area contributed by atoms with Crippen LogP contribution in [0.5, 0.6) is 0 Å². The van der Waals surface area contributed by atoms with Crippen molar-refractivity contribution < 1.29 is 4.74 Å². The number of likely N-dealkylation sites (tertiary alicyclic amines) is 1. The van der Waals surface area contributed by atoms with E-state index in [4.69, 9.17) is 17.4 Å². The van der Waals surface area contributed by atoms with E-state index >= 15 is 0 Å². The molecule has 6 heteroatoms. The normalized spacial score (nSPS) is 21.1. The van der Waals surface area contributed by atoms with Crippen molar-refractivity contribution in [2.24, 2.45) is 0 Å². The van der Waals surface area contributed by atoms with Crippen molar-refractivity contribution in [2.45, 2.75) is 69.7 Å². The van der Waals surface area contributed by atoms with Gasteiger partial charge in [-0.15, -0.1) is 0 Å². The van der Waals surface area contributed by atoms with Crippen LogP contribution in [0.3, 0.4) is 0 Å². The molecule has 3 unspecified atom stereocenters. The summed E-state index contributed by atoms with van der Waals surface area (Å²) in [7, 11) is 4.51. The molecule has 1 saturated heterocycles. The molecule has 0 aliphatic carbocycles. The molecule has 42 heavy (non-hydrogen) atoms. The van der Waals surface area contributed by atoms with E-state index in [1.807, 2.05) is 18.2 Å². The molecule has 2 aliphatic rings. The molecule has 0 bridgehead atoms. The first-order valence-electron chi connectivity index (χ1n) is 15.2. The maximum Gasteiger partial charge on any atom is 0.186 e. The minimum absolute atomic E-state index is 0.00797. The zero-order chi connectivity index (χ0) is 29.7. The lowest BCUT2D eigenvalue weighted by Crippen LogP contribution is -2.49. The quantitative estimate of drug-likeness (QED) is 0.209. The smallest absolute Gasteiger partial charge is 0.186 e. The number of thiol groups is 1. The molecular formula is C36H45BN3OS. The molecule has 219 valence electrons. The molecule has 4 nitrogen and oxygen atoms in total. The number of allylic oxidation sites excluding steroid dienone is 2. The number of nitrogens with one attached hydrogen (secondary N) is 1. The number of dihydropyridines is 1. The fraction of sp³-hybridized carbons (Fsp3) is 0.389. The Kier molecular flexibility index (Phi) is 9.75. The van der Waals surface area contributed by atoms with Gasteiger partial charge in [0.15, 0.2) is 13.2 Å². The van der Waals surface area contributed by atoms with Gasteiger partial charge in [-0.3, -0.25) is 4.90 Å². The summed E-state index contributed by atoms with van der Waals surface area (Å²) in [4.78, 5) is 4.89. The number of aryl methyl sites for hydroxylation is 1. The Morgan fingerprint density at radius 2 is 1.67 bits per heavy atom. The number of hydrogen-bond acceptors (Lipinski definition) is 5. The topological polar surface area (TPSA) is 27.7 Å². The Bertz CT molecular complexity index is 1390. The maximum absolute atomic E-state index is 6.19. The third kappa shape index (κ3) is 7.46. The summed E-state index contributed by atoms with van der Waals surface area (Å²) in [6.45, 7) is 11.8. The van der Waals surface area contributed by atoms with E-state index in [1.165, 1.54) is 28.1 Å². The monoisotopic (exact) mass is 578 g/mol. The van der Waals surface area contributed by atoms with Crippen LogP contribution in [0.25, 0.3) is 0 Å². The molecule has 0 saturated carbocycles. The first-order valence-corrected chi connectivity index (χ1v) is 15.7. The van der Waals surface area contributed by atoms with Gasteiger partial charge in [0.25, 0.3) is 0 Å². The Morgan fingerprint density at radius 1 is 0.976 bits per heavy atom. The Morgan fingerprint density at radius 3 is 2.31 bits per heavy atom. The zero-order valence-corrected chi connectivity index (χ0v) is 26.6. The molecule has 0 spiro atoms. The second-order valence-electron chi connectivity index (χ2n) is 12.6. The second kappa shape index (κ2) is 13.5. The fourth-order valence-corrected chi connectivity index (χ4v) is 6.61. The zero-order valence-electron chi connectivity index (χ0n) is 25.8. The Balaban J connectivity index is 1.33. The van der Waals surface area contributed by atoms with Crippen LogP contribution in [0.15, 0.2) is 103 Å². The summed E-state index contributed by atoms with van der Waals surface area (Å²) in [5.74, 6) is 1.27. The van der Waals surface area contributed by atoms with Crippen LogP contribution in [-0.2, 0) is 17.7 Å². The van der Waals surface area contributed by atoms with Gasteiger partial charge < -0.3 is 15.0 Å². The SMILES string of the molecule is Cc1cc(C2CCN(C(C)(C)C)CC2S)ccc1N(C)C1=CC=C(OCc2ccccc2)NC1[B]Cc1ccccc1. The molecule has 0 aromatic heterocycles. The Labute approximate surface area is 259 Å². The highest BCUT2D eigenvalue weighted by Gasteiger charge is 2.33. The standard InChI is InChI=1S/C36H45BN3OS/c1-26-22-29(30-20-21-40(24-33(30)42)36(2,3)4)16-17-31(26)39(5)32-18-19-34(41-25-28-14-10-7-11-15-28)38-35(32)37-23-27-12-8-6-9-13-27/h6-19,22,30,33,35,38,42H,20-21,23-25H2,1-5H3. The summed E-state index contributed by atoms with van der Waals surface area (Å²) >= 11 is 5.06. The molecule has 0 amide bonds. The molecule has 2 heterocycles. The summed E-state index contributed by atoms with van der Waals surface area (Å²) in [6, 6.07) is 27.9. The number of ether oxygens (including phenoxy) is 1. The largest absolute Gasteiger partial charge is 0.474 e. The number of benzene rings is 3. The van der Waals surface area contributed by atoms with Crippen molar-refractivity contribution >= 4 is 25.6 Å². The average Bonchev–Trinajstić information content (AvgIpc) is 2.99. The summed E-state index contributed by atoms with van der Waals surface area (Å²) in [5, 5.41) is 3.99. The van der Waals surface area contributed by atoms with E-state index in [0.29, 0.717) is 17.8 Å². The minimum atomic E-state index is 0.00797. The fourth-order valence-electron chi connectivity index (χ4n) is 6.09. The van der Waals surface area contributed by atoms with Crippen molar-refractivity contribution in [3.05, 3.63) is 125 Å². The molecule has 1 fully saturated rings. The van der Waals surface area contributed by atoms with E-state index < -0.39 is 0 Å². The first kappa shape index (κ1) is 30.4. The molecule has 3 aromatic rings. The number of rotatable bonds is 9. The minimum Gasteiger partial charge on any atom is -0.474 e. The summed E-state index contributed by atoms with van der Waals surface area (Å²) < 4.78 is 6.19. The highest BCUT2D eigenvalue weighted by atomic mass is 32.1. The van der Waals surface area contributed by atoms with E-state index in [1.54, 1.807) is 0 Å². The lowest BCUT2D eigenvalue weighted by molar-refractivity contribution is 0.106. The van der Waals surface area contributed by atoms with Crippen molar-refractivity contribution in [3.8, 4) is 0 Å². The van der Waals surface area contributed by atoms with Gasteiger partial charge in [0, 0.05) is 41.7 Å². The molecular weight excluding hydrogens is 533 g/mol. The van der Waals surface area contributed by atoms with Gasteiger partial charge >= 0.3 is 0 Å². The molecule has 2 aliphatic heterocycles. The van der Waals surface area contributed by atoms with E-state index in [-0.39, 0.29) is 11.5 Å². The van der Waals surface area contributed by atoms with Gasteiger partial charge in [-0.1, -0.05) is 84.7 Å². The molecule has 3 aromatic carbocycles. The van der Waals surface area contributed by atoms with Gasteiger partial charge in [0.05, 0.1) is 0 Å². The van der Waals surface area contributed by atoms with Crippen molar-refractivity contribution in [1.82, 2.24) is 10.2 Å². The Hall–Kier alpha value is -3.09. The summed E-state index contributed by atoms with van der Waals surface area (Å²) in [5.41, 5.74) is 7.73. The van der Waals surface area contributed by atoms with Crippen LogP contribution in [0.4, 0.5) is 5.69 Å². The highest BCUT2D eigenvalue weighted by molar-refractivity contribution is 7.81. The number of likely N-dealkylation sites (N-methyl/N-ethyl adjacent to an activating group) is 1. The highest BCUT2D eigenvalue weighted by Crippen LogP contribution is 2.36. The number of hydrogen-bond donors (Lipinski definition) is 2. The van der Waals surface area contributed by atoms with Gasteiger partial charge in [0.2, 0.25) is 0 Å². The molecule has 3 atom stereocenters. The van der Waals surface area contributed by atoms with Gasteiger partial charge in [-0.05, 0) is 81.5 Å². The van der Waals surface area contributed by atoms with E-state index in [2.05, 4.69) is 130 Å². The lowest BCUT2D eigenvalue weighted by Gasteiger charge is -2.44. The van der Waals surface area contributed by atoms with E-state index in [0.717, 1.165) is 37.3 Å². The third-order valence-corrected chi connectivity index (χ3v) is 9.14. The molecule has 1 radical (unpaired) electrons. The number of anilines is 1. The van der Waals surface area contributed by atoms with Crippen LogP contribution in [-0.4, -0.2) is 49.0 Å². The van der Waals surface area contributed by atoms with Gasteiger partial charge in [-0.2, -0.15) is 12.6 Å². The molecule has 5 rings (SSSR count). The third-order valence-electron chi connectivity index (χ3n) is 8.62. The average molecular weight is 579 g/mol. The van der Waals surface area contributed by atoms with Crippen LogP contribution in [0, 0.1) is 6.92 Å². The predicted octanol–water partition coefficient (Wildman–Crippen LogP) is 7.09. The maximum atomic E-state index is 6.19. The number of nitrogens with zero attached hydrogens (tertiary/aromatic N) is 2. The van der Waals surface area contributed by atoms with Crippen LogP contribution in [0.1, 0.15) is 55.4 Å². The van der Waals surface area contributed by atoms with Crippen LogP contribution >= 0.6 is 12.6 Å². The predicted molar refractivity (Wildman–Crippen MR) is 181 cm³/mol. The van der Waals surface area contributed by atoms with Gasteiger partial charge in [0.1, 0.15) is 6.61 Å². The molecule has 1 N–H and O–H groups in total. The summed E-state index contributed by atoms with van der Waals surface area (Å²) in [6.07, 6.45) is 6.26.